The van der Waals surface area contributed by atoms with Crippen LogP contribution in [0.4, 0.5) is 0 Å². The molecule has 0 bridgehead atoms. The fourth-order valence-corrected chi connectivity index (χ4v) is 1.74. The Labute approximate surface area is 108 Å². The van der Waals surface area contributed by atoms with Crippen LogP contribution in [0, 0.1) is 5.92 Å². The van der Waals surface area contributed by atoms with Crippen LogP contribution in [0.1, 0.15) is 17.3 Å². The highest BCUT2D eigenvalue weighted by molar-refractivity contribution is 6.45. The third-order valence-electron chi connectivity index (χ3n) is 2.60. The van der Waals surface area contributed by atoms with E-state index >= 15 is 0 Å². The SMILES string of the molecule is CCOC(=O)C(=O)C1C(=O)Oc2ccccc2C1=O. The third-order valence-corrected chi connectivity index (χ3v) is 2.60. The third kappa shape index (κ3) is 2.24. The highest BCUT2D eigenvalue weighted by Gasteiger charge is 2.44. The van der Waals surface area contributed by atoms with E-state index in [-0.39, 0.29) is 17.9 Å². The molecule has 1 atom stereocenters. The van der Waals surface area contributed by atoms with Crippen LogP contribution >= 0.6 is 0 Å². The van der Waals surface area contributed by atoms with Crippen molar-refractivity contribution in [1.29, 1.82) is 0 Å². The van der Waals surface area contributed by atoms with Crippen LogP contribution in [-0.2, 0) is 19.1 Å². The van der Waals surface area contributed by atoms with Crippen LogP contribution in [0.5, 0.6) is 5.75 Å². The topological polar surface area (TPSA) is 86.7 Å². The van der Waals surface area contributed by atoms with Crippen molar-refractivity contribution in [3.8, 4) is 5.75 Å². The summed E-state index contributed by atoms with van der Waals surface area (Å²) in [5, 5.41) is 0. The Morgan fingerprint density at radius 1 is 1.26 bits per heavy atom. The van der Waals surface area contributed by atoms with Crippen molar-refractivity contribution in [2.24, 2.45) is 5.92 Å². The van der Waals surface area contributed by atoms with E-state index in [4.69, 9.17) is 4.74 Å². The van der Waals surface area contributed by atoms with Gasteiger partial charge in [-0.3, -0.25) is 14.4 Å². The summed E-state index contributed by atoms with van der Waals surface area (Å²) >= 11 is 0. The molecular formula is C13H10O6. The number of fused-ring (bicyclic) bond motifs is 1. The maximum absolute atomic E-state index is 12.0. The second kappa shape index (κ2) is 5.01. The number of carbonyl (C=O) groups is 4. The van der Waals surface area contributed by atoms with Crippen LogP contribution in [0.2, 0.25) is 0 Å². The Morgan fingerprint density at radius 3 is 2.63 bits per heavy atom. The zero-order valence-corrected chi connectivity index (χ0v) is 10.0. The normalized spacial score (nSPS) is 17.4. The molecular weight excluding hydrogens is 252 g/mol. The van der Waals surface area contributed by atoms with E-state index < -0.39 is 29.4 Å². The summed E-state index contributed by atoms with van der Waals surface area (Å²) in [6.07, 6.45) is 0. The van der Waals surface area contributed by atoms with Gasteiger partial charge in [0.15, 0.2) is 11.7 Å². The summed E-state index contributed by atoms with van der Waals surface area (Å²) < 4.78 is 9.37. The fraction of sp³-hybridized carbons (Fsp3) is 0.231. The van der Waals surface area contributed by atoms with E-state index in [9.17, 15) is 19.2 Å². The Bertz CT molecular complexity index is 574. The molecule has 1 aromatic rings. The van der Waals surface area contributed by atoms with Gasteiger partial charge in [0.25, 0.3) is 5.78 Å². The van der Waals surface area contributed by atoms with Crippen LogP contribution in [0.25, 0.3) is 0 Å². The zero-order chi connectivity index (χ0) is 14.0. The monoisotopic (exact) mass is 262 g/mol. The number of hydrogen-bond donors (Lipinski definition) is 0. The Morgan fingerprint density at radius 2 is 1.95 bits per heavy atom. The average Bonchev–Trinajstić information content (AvgIpc) is 2.38. The minimum Gasteiger partial charge on any atom is -0.460 e. The van der Waals surface area contributed by atoms with Gasteiger partial charge in [-0.1, -0.05) is 12.1 Å². The largest absolute Gasteiger partial charge is 0.460 e. The highest BCUT2D eigenvalue weighted by atomic mass is 16.5. The molecule has 1 aliphatic rings. The number of esters is 2. The number of carbonyl (C=O) groups excluding carboxylic acids is 4. The van der Waals surface area contributed by atoms with Gasteiger partial charge in [0, 0.05) is 0 Å². The predicted octanol–water partition coefficient (Wildman–Crippen LogP) is 0.537. The molecule has 0 amide bonds. The molecule has 0 aromatic heterocycles. The van der Waals surface area contributed by atoms with Gasteiger partial charge in [-0.2, -0.15) is 0 Å². The Balaban J connectivity index is 2.34. The molecule has 2 rings (SSSR count). The van der Waals surface area contributed by atoms with Crippen molar-refractivity contribution in [1.82, 2.24) is 0 Å². The number of ketones is 2. The van der Waals surface area contributed by atoms with Gasteiger partial charge in [-0.05, 0) is 19.1 Å². The van der Waals surface area contributed by atoms with Crippen molar-refractivity contribution < 1.29 is 28.7 Å². The number of Topliss-reactive ketones (excluding diaryl/α,β-unsaturated/α-hetero) is 2. The smallest absolute Gasteiger partial charge is 0.376 e. The molecule has 6 nitrogen and oxygen atoms in total. The van der Waals surface area contributed by atoms with Gasteiger partial charge in [0.2, 0.25) is 0 Å². The minimum absolute atomic E-state index is 0.0167. The van der Waals surface area contributed by atoms with E-state index in [2.05, 4.69) is 4.74 Å². The predicted molar refractivity (Wildman–Crippen MR) is 61.5 cm³/mol. The Hall–Kier alpha value is -2.50. The van der Waals surface area contributed by atoms with E-state index in [0.717, 1.165) is 0 Å². The van der Waals surface area contributed by atoms with E-state index in [1.54, 1.807) is 12.1 Å². The second-order valence-corrected chi connectivity index (χ2v) is 3.80. The summed E-state index contributed by atoms with van der Waals surface area (Å²) in [5.41, 5.74) is 0.102. The number of hydrogen-bond acceptors (Lipinski definition) is 6. The molecule has 1 heterocycles. The van der Waals surface area contributed by atoms with Gasteiger partial charge in [-0.15, -0.1) is 0 Å². The lowest BCUT2D eigenvalue weighted by molar-refractivity contribution is -0.158. The quantitative estimate of drug-likeness (QED) is 0.342. The lowest BCUT2D eigenvalue weighted by Gasteiger charge is -2.20. The van der Waals surface area contributed by atoms with Crippen LogP contribution in [0.3, 0.4) is 0 Å². The molecule has 0 radical (unpaired) electrons. The van der Waals surface area contributed by atoms with Gasteiger partial charge in [-0.25, -0.2) is 4.79 Å². The van der Waals surface area contributed by atoms with Gasteiger partial charge < -0.3 is 9.47 Å². The fourth-order valence-electron chi connectivity index (χ4n) is 1.74. The van der Waals surface area contributed by atoms with Crippen LogP contribution in [0.15, 0.2) is 24.3 Å². The van der Waals surface area contributed by atoms with Crippen molar-refractivity contribution in [3.05, 3.63) is 29.8 Å². The molecule has 6 heteroatoms. The molecule has 0 fully saturated rings. The van der Waals surface area contributed by atoms with E-state index in [1.807, 2.05) is 0 Å². The molecule has 0 spiro atoms. The number of benzene rings is 1. The van der Waals surface area contributed by atoms with Crippen molar-refractivity contribution in [3.63, 3.8) is 0 Å². The second-order valence-electron chi connectivity index (χ2n) is 3.80. The summed E-state index contributed by atoms with van der Waals surface area (Å²) in [6.45, 7) is 1.50. The zero-order valence-electron chi connectivity index (χ0n) is 10.0. The maximum Gasteiger partial charge on any atom is 0.376 e. The van der Waals surface area contributed by atoms with Crippen molar-refractivity contribution in [2.75, 3.05) is 6.61 Å². The van der Waals surface area contributed by atoms with Crippen molar-refractivity contribution in [2.45, 2.75) is 6.92 Å². The maximum atomic E-state index is 12.0. The molecule has 1 aromatic carbocycles. The standard InChI is InChI=1S/C13H10O6/c1-2-18-13(17)11(15)9-10(14)7-5-3-4-6-8(7)19-12(9)16/h3-6,9H,2H2,1H3. The summed E-state index contributed by atoms with van der Waals surface area (Å²) in [4.78, 5) is 46.7. The molecule has 0 N–H and O–H groups in total. The van der Waals surface area contributed by atoms with Gasteiger partial charge in [0.1, 0.15) is 5.75 Å². The molecule has 0 aliphatic carbocycles. The first-order valence-corrected chi connectivity index (χ1v) is 5.62. The highest BCUT2D eigenvalue weighted by Crippen LogP contribution is 2.28. The van der Waals surface area contributed by atoms with Crippen LogP contribution in [-0.4, -0.2) is 30.1 Å². The first-order valence-electron chi connectivity index (χ1n) is 5.62. The molecule has 98 valence electrons. The first-order chi connectivity index (χ1) is 9.06. The number of para-hydroxylation sites is 1. The molecule has 19 heavy (non-hydrogen) atoms. The first kappa shape index (κ1) is 12.9. The number of rotatable bonds is 3. The summed E-state index contributed by atoms with van der Waals surface area (Å²) in [7, 11) is 0. The van der Waals surface area contributed by atoms with E-state index in [1.165, 1.54) is 19.1 Å². The van der Waals surface area contributed by atoms with Gasteiger partial charge >= 0.3 is 11.9 Å². The van der Waals surface area contributed by atoms with Gasteiger partial charge in [0.05, 0.1) is 12.2 Å². The summed E-state index contributed by atoms with van der Waals surface area (Å²) in [6, 6.07) is 6.03. The summed E-state index contributed by atoms with van der Waals surface area (Å²) in [5.74, 6) is -5.89. The Kier molecular flexibility index (Phi) is 3.41. The number of ether oxygens (including phenoxy) is 2. The van der Waals surface area contributed by atoms with Crippen LogP contribution < -0.4 is 4.74 Å². The molecule has 1 aliphatic heterocycles. The molecule has 0 saturated carbocycles. The molecule has 1 unspecified atom stereocenters. The minimum atomic E-state index is -1.77. The molecule has 0 saturated heterocycles. The lowest BCUT2D eigenvalue weighted by atomic mass is 9.91. The van der Waals surface area contributed by atoms with Crippen molar-refractivity contribution >= 4 is 23.5 Å². The average molecular weight is 262 g/mol. The van der Waals surface area contributed by atoms with E-state index in [0.29, 0.717) is 0 Å². The lowest BCUT2D eigenvalue weighted by Crippen LogP contribution is -2.42.